The molecule has 0 radical (unpaired) electrons. The van der Waals surface area contributed by atoms with Crippen molar-refractivity contribution in [2.75, 3.05) is 18.0 Å². The van der Waals surface area contributed by atoms with Crippen molar-refractivity contribution in [1.29, 1.82) is 0 Å². The molecule has 2 aliphatic heterocycles. The van der Waals surface area contributed by atoms with E-state index in [9.17, 15) is 0 Å². The lowest BCUT2D eigenvalue weighted by Gasteiger charge is -2.34. The number of thiophene rings is 1. The molecule has 0 unspecified atom stereocenters. The Balaban J connectivity index is 1.45. The molecule has 170 valence electrons. The number of hydrogen-bond acceptors (Lipinski definition) is 6. The van der Waals surface area contributed by atoms with Crippen molar-refractivity contribution in [3.63, 3.8) is 0 Å². The predicted molar refractivity (Wildman–Crippen MR) is 136 cm³/mol. The second kappa shape index (κ2) is 8.96. The van der Waals surface area contributed by atoms with Crippen LogP contribution >= 0.6 is 23.1 Å². The molecule has 1 aromatic carbocycles. The molecule has 5 rings (SSSR count). The van der Waals surface area contributed by atoms with Crippen molar-refractivity contribution in [2.45, 2.75) is 76.0 Å². The lowest BCUT2D eigenvalue weighted by Crippen LogP contribution is -2.35. The highest BCUT2D eigenvalue weighted by Crippen LogP contribution is 2.43. The van der Waals surface area contributed by atoms with Gasteiger partial charge in [0.2, 0.25) is 0 Å². The fourth-order valence-electron chi connectivity index (χ4n) is 4.90. The number of nitrogens with zero attached hydrogens (tertiary/aromatic N) is 3. The third kappa shape index (κ3) is 4.68. The maximum atomic E-state index is 6.12. The first-order valence-corrected chi connectivity index (χ1v) is 13.5. The average molecular weight is 468 g/mol. The van der Waals surface area contributed by atoms with E-state index >= 15 is 0 Å². The molecule has 0 spiro atoms. The van der Waals surface area contributed by atoms with E-state index in [2.05, 4.69) is 62.9 Å². The Morgan fingerprint density at radius 3 is 2.62 bits per heavy atom. The molecule has 6 heteroatoms. The van der Waals surface area contributed by atoms with E-state index in [0.29, 0.717) is 11.9 Å². The number of piperidine rings is 1. The molecule has 1 fully saturated rings. The minimum Gasteiger partial charge on any atom is -0.370 e. The quantitative estimate of drug-likeness (QED) is 0.316. The van der Waals surface area contributed by atoms with Crippen LogP contribution in [-0.4, -0.2) is 33.9 Å². The first kappa shape index (κ1) is 22.2. The van der Waals surface area contributed by atoms with Gasteiger partial charge in [0, 0.05) is 29.6 Å². The fourth-order valence-corrected chi connectivity index (χ4v) is 6.76. The van der Waals surface area contributed by atoms with Gasteiger partial charge in [-0.1, -0.05) is 55.9 Å². The summed E-state index contributed by atoms with van der Waals surface area (Å²) in [6.07, 6.45) is 4.55. The van der Waals surface area contributed by atoms with Crippen LogP contribution < -0.4 is 4.90 Å². The van der Waals surface area contributed by atoms with Crippen LogP contribution in [0.1, 0.15) is 56.5 Å². The van der Waals surface area contributed by atoms with Gasteiger partial charge in [0.15, 0.2) is 5.16 Å². The number of anilines is 1. The Kier molecular flexibility index (Phi) is 6.21. The van der Waals surface area contributed by atoms with E-state index in [1.807, 2.05) is 0 Å². The summed E-state index contributed by atoms with van der Waals surface area (Å²) in [7, 11) is 0. The molecule has 0 bridgehead atoms. The maximum Gasteiger partial charge on any atom is 0.191 e. The Hall–Kier alpha value is -1.63. The van der Waals surface area contributed by atoms with E-state index in [1.54, 1.807) is 23.1 Å². The SMILES string of the molecule is CC(C)Sc1nc(N2CCC(Cc3ccccc3)CC2)c2c3c(sc2n1)COC(C)(C)C3. The van der Waals surface area contributed by atoms with Crippen molar-refractivity contribution in [1.82, 2.24) is 9.97 Å². The molecule has 1 saturated heterocycles. The minimum atomic E-state index is -0.133. The number of fused-ring (bicyclic) bond motifs is 3. The van der Waals surface area contributed by atoms with Crippen molar-refractivity contribution in [3.8, 4) is 0 Å². The monoisotopic (exact) mass is 467 g/mol. The van der Waals surface area contributed by atoms with Gasteiger partial charge < -0.3 is 9.64 Å². The highest BCUT2D eigenvalue weighted by molar-refractivity contribution is 7.99. The number of ether oxygens (including phenoxy) is 1. The van der Waals surface area contributed by atoms with Crippen LogP contribution in [0.15, 0.2) is 35.5 Å². The number of thioether (sulfide) groups is 1. The van der Waals surface area contributed by atoms with Gasteiger partial charge in [-0.15, -0.1) is 11.3 Å². The molecule has 4 nitrogen and oxygen atoms in total. The number of aromatic nitrogens is 2. The summed E-state index contributed by atoms with van der Waals surface area (Å²) in [5, 5.41) is 2.66. The molecule has 0 atom stereocenters. The zero-order valence-corrected chi connectivity index (χ0v) is 21.2. The Morgan fingerprint density at radius 1 is 1.16 bits per heavy atom. The van der Waals surface area contributed by atoms with E-state index in [1.165, 1.54) is 40.7 Å². The summed E-state index contributed by atoms with van der Waals surface area (Å²) in [4.78, 5) is 15.1. The molecular formula is C26H33N3OS2. The van der Waals surface area contributed by atoms with Gasteiger partial charge in [-0.3, -0.25) is 0 Å². The van der Waals surface area contributed by atoms with Crippen molar-refractivity contribution in [2.24, 2.45) is 5.92 Å². The van der Waals surface area contributed by atoms with Gasteiger partial charge in [0.1, 0.15) is 10.6 Å². The van der Waals surface area contributed by atoms with Crippen LogP contribution in [0, 0.1) is 5.92 Å². The maximum absolute atomic E-state index is 6.12. The first-order valence-electron chi connectivity index (χ1n) is 11.8. The zero-order valence-electron chi connectivity index (χ0n) is 19.6. The molecule has 0 aliphatic carbocycles. The topological polar surface area (TPSA) is 38.2 Å². The molecule has 0 amide bonds. The van der Waals surface area contributed by atoms with Gasteiger partial charge in [0.05, 0.1) is 17.6 Å². The normalized spacial score (nSPS) is 19.0. The third-order valence-electron chi connectivity index (χ3n) is 6.51. The van der Waals surface area contributed by atoms with E-state index in [0.717, 1.165) is 41.2 Å². The highest BCUT2D eigenvalue weighted by Gasteiger charge is 2.32. The summed E-state index contributed by atoms with van der Waals surface area (Å²) < 4.78 is 6.12. The van der Waals surface area contributed by atoms with Gasteiger partial charge in [-0.2, -0.15) is 0 Å². The first-order chi connectivity index (χ1) is 15.4. The Bertz CT molecular complexity index is 1090. The third-order valence-corrected chi connectivity index (χ3v) is 8.48. The Morgan fingerprint density at radius 2 is 1.91 bits per heavy atom. The van der Waals surface area contributed by atoms with Crippen molar-refractivity contribution >= 4 is 39.1 Å². The van der Waals surface area contributed by atoms with Gasteiger partial charge in [-0.25, -0.2) is 9.97 Å². The second-order valence-electron chi connectivity index (χ2n) is 10.0. The lowest BCUT2D eigenvalue weighted by molar-refractivity contribution is -0.0379. The largest absolute Gasteiger partial charge is 0.370 e. The average Bonchev–Trinajstić information content (AvgIpc) is 3.10. The van der Waals surface area contributed by atoms with Gasteiger partial charge >= 0.3 is 0 Å². The molecular weight excluding hydrogens is 434 g/mol. The molecule has 0 N–H and O–H groups in total. The van der Waals surface area contributed by atoms with Crippen LogP contribution in [0.25, 0.3) is 10.2 Å². The number of rotatable bonds is 5. The van der Waals surface area contributed by atoms with Crippen molar-refractivity contribution < 1.29 is 4.74 Å². The standard InChI is InChI=1S/C26H33N3OS2/c1-17(2)31-25-27-23(22-20-15-26(3,4)30-16-21(20)32-24(22)28-25)29-12-10-19(11-13-29)14-18-8-6-5-7-9-18/h5-9,17,19H,10-16H2,1-4H3. The fraction of sp³-hybridized carbons (Fsp3) is 0.538. The molecule has 4 heterocycles. The summed E-state index contributed by atoms with van der Waals surface area (Å²) in [5.41, 5.74) is 2.75. The molecule has 32 heavy (non-hydrogen) atoms. The second-order valence-corrected chi connectivity index (χ2v) is 12.7. The molecule has 2 aromatic heterocycles. The van der Waals surface area contributed by atoms with E-state index in [-0.39, 0.29) is 5.60 Å². The smallest absolute Gasteiger partial charge is 0.191 e. The van der Waals surface area contributed by atoms with Crippen LogP contribution in [0.5, 0.6) is 0 Å². The molecule has 0 saturated carbocycles. The predicted octanol–water partition coefficient (Wildman–Crippen LogP) is 6.50. The molecule has 3 aromatic rings. The number of hydrogen-bond donors (Lipinski definition) is 0. The van der Waals surface area contributed by atoms with Crippen LogP contribution in [-0.2, 0) is 24.2 Å². The van der Waals surface area contributed by atoms with E-state index in [4.69, 9.17) is 14.7 Å². The number of benzene rings is 1. The van der Waals surface area contributed by atoms with Gasteiger partial charge in [-0.05, 0) is 50.2 Å². The van der Waals surface area contributed by atoms with Crippen LogP contribution in [0.3, 0.4) is 0 Å². The minimum absolute atomic E-state index is 0.133. The van der Waals surface area contributed by atoms with Crippen molar-refractivity contribution in [3.05, 3.63) is 46.3 Å². The zero-order chi connectivity index (χ0) is 22.3. The summed E-state index contributed by atoms with van der Waals surface area (Å²) in [6.45, 7) is 11.6. The van der Waals surface area contributed by atoms with Gasteiger partial charge in [0.25, 0.3) is 0 Å². The lowest BCUT2D eigenvalue weighted by atomic mass is 9.90. The summed E-state index contributed by atoms with van der Waals surface area (Å²) in [5.74, 6) is 1.91. The summed E-state index contributed by atoms with van der Waals surface area (Å²) in [6, 6.07) is 10.9. The highest BCUT2D eigenvalue weighted by atomic mass is 32.2. The van der Waals surface area contributed by atoms with E-state index < -0.39 is 0 Å². The molecule has 2 aliphatic rings. The van der Waals surface area contributed by atoms with Crippen LogP contribution in [0.4, 0.5) is 5.82 Å². The van der Waals surface area contributed by atoms with Crippen LogP contribution in [0.2, 0.25) is 0 Å². The summed E-state index contributed by atoms with van der Waals surface area (Å²) >= 11 is 3.57. The Labute approximate surface area is 199 Å².